The van der Waals surface area contributed by atoms with E-state index in [0.29, 0.717) is 13.1 Å². The van der Waals surface area contributed by atoms with E-state index in [2.05, 4.69) is 14.8 Å². The molecule has 0 aromatic carbocycles. The first-order valence-corrected chi connectivity index (χ1v) is 9.75. The lowest BCUT2D eigenvalue weighted by atomic mass is 10.1. The van der Waals surface area contributed by atoms with E-state index in [4.69, 9.17) is 4.74 Å². The predicted molar refractivity (Wildman–Crippen MR) is 96.6 cm³/mol. The molecule has 2 aliphatic heterocycles. The molecule has 7 heteroatoms. The largest absolute Gasteiger partial charge is 0.372 e. The maximum Gasteiger partial charge on any atom is 0.239 e. The summed E-state index contributed by atoms with van der Waals surface area (Å²) in [6.45, 7) is 11.3. The number of aromatic nitrogens is 1. The monoisotopic (exact) mass is 352 g/mol. The molecule has 3 unspecified atom stereocenters. The van der Waals surface area contributed by atoms with Crippen LogP contribution in [0.1, 0.15) is 27.2 Å². The van der Waals surface area contributed by atoms with Gasteiger partial charge in [-0.25, -0.2) is 4.98 Å². The Balaban J connectivity index is 1.58. The summed E-state index contributed by atoms with van der Waals surface area (Å²) >= 11 is 1.69. The fourth-order valence-electron chi connectivity index (χ4n) is 3.67. The zero-order valence-corrected chi connectivity index (χ0v) is 15.7. The minimum absolute atomic E-state index is 0.0706. The second-order valence-corrected chi connectivity index (χ2v) is 7.74. The van der Waals surface area contributed by atoms with Crippen molar-refractivity contribution >= 4 is 22.4 Å². The Kier molecular flexibility index (Phi) is 5.73. The predicted octanol–water partition coefficient (Wildman–Crippen LogP) is 1.68. The normalized spacial score (nSPS) is 27.8. The van der Waals surface area contributed by atoms with Crippen molar-refractivity contribution < 1.29 is 9.53 Å². The smallest absolute Gasteiger partial charge is 0.239 e. The number of ether oxygens (including phenoxy) is 1. The van der Waals surface area contributed by atoms with Crippen LogP contribution < -0.4 is 4.90 Å². The van der Waals surface area contributed by atoms with Crippen LogP contribution in [0.5, 0.6) is 0 Å². The van der Waals surface area contributed by atoms with Crippen LogP contribution in [-0.4, -0.2) is 78.2 Å². The molecule has 0 bridgehead atoms. The van der Waals surface area contributed by atoms with Gasteiger partial charge in [0, 0.05) is 50.8 Å². The lowest BCUT2D eigenvalue weighted by Crippen LogP contribution is -2.54. The van der Waals surface area contributed by atoms with Gasteiger partial charge in [-0.05, 0) is 27.2 Å². The van der Waals surface area contributed by atoms with E-state index in [9.17, 15) is 4.79 Å². The molecule has 2 saturated heterocycles. The van der Waals surface area contributed by atoms with Crippen molar-refractivity contribution in [1.82, 2.24) is 14.8 Å². The summed E-state index contributed by atoms with van der Waals surface area (Å²) in [5.41, 5.74) is 0. The van der Waals surface area contributed by atoms with Crippen LogP contribution in [0.2, 0.25) is 0 Å². The summed E-state index contributed by atoms with van der Waals surface area (Å²) in [5, 5.41) is 3.11. The van der Waals surface area contributed by atoms with E-state index >= 15 is 0 Å². The van der Waals surface area contributed by atoms with Crippen molar-refractivity contribution in [3.63, 3.8) is 0 Å². The van der Waals surface area contributed by atoms with Gasteiger partial charge >= 0.3 is 0 Å². The molecule has 0 saturated carbocycles. The van der Waals surface area contributed by atoms with Gasteiger partial charge in [0.2, 0.25) is 5.91 Å². The molecule has 3 heterocycles. The fourth-order valence-corrected chi connectivity index (χ4v) is 4.36. The average molecular weight is 353 g/mol. The molecule has 3 rings (SSSR count). The molecular formula is C17H28N4O2S. The lowest BCUT2D eigenvalue weighted by Gasteiger charge is -2.38. The van der Waals surface area contributed by atoms with Crippen molar-refractivity contribution in [3.05, 3.63) is 11.6 Å². The number of nitrogens with zero attached hydrogens (tertiary/aromatic N) is 4. The number of amides is 1. The topological polar surface area (TPSA) is 48.9 Å². The summed E-state index contributed by atoms with van der Waals surface area (Å²) in [7, 11) is 0. The number of anilines is 1. The standard InChI is InChI=1S/C17H28N4O2S/c1-13-11-21(12-14(2)23-13)16(22)15(3)19-6-4-7-20(9-8-19)17-18-5-10-24-17/h5,10,13-15H,4,6-9,11-12H2,1-3H3. The molecule has 0 spiro atoms. The van der Waals surface area contributed by atoms with Crippen LogP contribution >= 0.6 is 11.3 Å². The van der Waals surface area contributed by atoms with Crippen LogP contribution in [-0.2, 0) is 9.53 Å². The summed E-state index contributed by atoms with van der Waals surface area (Å²) < 4.78 is 5.75. The summed E-state index contributed by atoms with van der Waals surface area (Å²) in [6, 6.07) is -0.0706. The van der Waals surface area contributed by atoms with Crippen LogP contribution in [0.3, 0.4) is 0 Å². The maximum atomic E-state index is 12.9. The van der Waals surface area contributed by atoms with Crippen molar-refractivity contribution in [3.8, 4) is 0 Å². The number of hydrogen-bond acceptors (Lipinski definition) is 6. The Morgan fingerprint density at radius 3 is 2.67 bits per heavy atom. The third kappa shape index (κ3) is 4.07. The lowest BCUT2D eigenvalue weighted by molar-refractivity contribution is -0.148. The van der Waals surface area contributed by atoms with E-state index in [1.54, 1.807) is 11.3 Å². The molecule has 134 valence electrons. The van der Waals surface area contributed by atoms with Crippen LogP contribution in [0.15, 0.2) is 11.6 Å². The third-order valence-electron chi connectivity index (χ3n) is 4.86. The Morgan fingerprint density at radius 1 is 1.25 bits per heavy atom. The van der Waals surface area contributed by atoms with Gasteiger partial charge in [0.1, 0.15) is 0 Å². The van der Waals surface area contributed by atoms with Gasteiger partial charge in [0.25, 0.3) is 0 Å². The second kappa shape index (κ2) is 7.80. The zero-order valence-electron chi connectivity index (χ0n) is 14.9. The molecule has 1 aromatic heterocycles. The number of carbonyl (C=O) groups excluding carboxylic acids is 1. The summed E-state index contributed by atoms with van der Waals surface area (Å²) in [4.78, 5) is 24.0. The van der Waals surface area contributed by atoms with Crippen LogP contribution in [0.25, 0.3) is 0 Å². The number of morpholine rings is 1. The van der Waals surface area contributed by atoms with Crippen LogP contribution in [0.4, 0.5) is 5.13 Å². The Labute approximate surface area is 148 Å². The van der Waals surface area contributed by atoms with Crippen LogP contribution in [0, 0.1) is 0 Å². The van der Waals surface area contributed by atoms with Gasteiger partial charge in [-0.15, -0.1) is 11.3 Å². The van der Waals surface area contributed by atoms with Gasteiger partial charge in [-0.2, -0.15) is 0 Å². The van der Waals surface area contributed by atoms with Crippen molar-refractivity contribution in [2.45, 2.75) is 45.4 Å². The minimum atomic E-state index is -0.0706. The first-order valence-electron chi connectivity index (χ1n) is 8.87. The Morgan fingerprint density at radius 2 is 2.00 bits per heavy atom. The molecular weight excluding hydrogens is 324 g/mol. The molecule has 0 radical (unpaired) electrons. The maximum absolute atomic E-state index is 12.9. The number of carbonyl (C=O) groups is 1. The molecule has 0 N–H and O–H groups in total. The summed E-state index contributed by atoms with van der Waals surface area (Å²) in [5.74, 6) is 0.236. The molecule has 6 nitrogen and oxygen atoms in total. The SMILES string of the molecule is CC1CN(C(=O)C(C)N2CCCN(c3nccs3)CC2)CC(C)O1. The van der Waals surface area contributed by atoms with Gasteiger partial charge in [-0.3, -0.25) is 9.69 Å². The van der Waals surface area contributed by atoms with E-state index in [1.165, 1.54) is 0 Å². The highest BCUT2D eigenvalue weighted by molar-refractivity contribution is 7.13. The highest BCUT2D eigenvalue weighted by Gasteiger charge is 2.32. The number of rotatable bonds is 3. The molecule has 3 atom stereocenters. The molecule has 2 aliphatic rings. The highest BCUT2D eigenvalue weighted by atomic mass is 32.1. The molecule has 2 fully saturated rings. The first-order chi connectivity index (χ1) is 11.5. The molecule has 0 aliphatic carbocycles. The van der Waals surface area contributed by atoms with E-state index in [0.717, 1.165) is 37.7 Å². The highest BCUT2D eigenvalue weighted by Crippen LogP contribution is 2.20. The second-order valence-electron chi connectivity index (χ2n) is 6.87. The number of hydrogen-bond donors (Lipinski definition) is 0. The Bertz CT molecular complexity index is 529. The van der Waals surface area contributed by atoms with E-state index in [-0.39, 0.29) is 24.2 Å². The van der Waals surface area contributed by atoms with Gasteiger partial charge in [0.15, 0.2) is 5.13 Å². The first kappa shape index (κ1) is 17.6. The quantitative estimate of drug-likeness (QED) is 0.828. The van der Waals surface area contributed by atoms with Gasteiger partial charge in [-0.1, -0.05) is 0 Å². The average Bonchev–Trinajstić information content (AvgIpc) is 2.97. The van der Waals surface area contributed by atoms with Gasteiger partial charge in [0.05, 0.1) is 18.2 Å². The molecule has 24 heavy (non-hydrogen) atoms. The molecule has 1 amide bonds. The third-order valence-corrected chi connectivity index (χ3v) is 5.69. The summed E-state index contributed by atoms with van der Waals surface area (Å²) in [6.07, 6.45) is 3.16. The van der Waals surface area contributed by atoms with Crippen molar-refractivity contribution in [2.75, 3.05) is 44.2 Å². The fraction of sp³-hybridized carbons (Fsp3) is 0.765. The minimum Gasteiger partial charge on any atom is -0.372 e. The zero-order chi connectivity index (χ0) is 17.1. The van der Waals surface area contributed by atoms with Crippen molar-refractivity contribution in [2.24, 2.45) is 0 Å². The molecule has 1 aromatic rings. The van der Waals surface area contributed by atoms with E-state index < -0.39 is 0 Å². The van der Waals surface area contributed by atoms with E-state index in [1.807, 2.05) is 37.2 Å². The Hall–Kier alpha value is -1.18. The number of thiazole rings is 1. The van der Waals surface area contributed by atoms with Crippen molar-refractivity contribution in [1.29, 1.82) is 0 Å². The van der Waals surface area contributed by atoms with Gasteiger partial charge < -0.3 is 14.5 Å².